The monoisotopic (exact) mass is 240 g/mol. The third kappa shape index (κ3) is 4.33. The summed E-state index contributed by atoms with van der Waals surface area (Å²) >= 11 is 0. The Hall–Kier alpha value is -2.38. The van der Waals surface area contributed by atoms with E-state index in [1.165, 1.54) is 10.9 Å². The second kappa shape index (κ2) is 5.64. The molecule has 8 nitrogen and oxygen atoms in total. The second-order valence-electron chi connectivity index (χ2n) is 3.33. The van der Waals surface area contributed by atoms with Crippen molar-refractivity contribution in [1.82, 2.24) is 15.1 Å². The van der Waals surface area contributed by atoms with E-state index in [0.29, 0.717) is 0 Å². The van der Waals surface area contributed by atoms with Crippen LogP contribution in [0.3, 0.4) is 0 Å². The summed E-state index contributed by atoms with van der Waals surface area (Å²) in [7, 11) is 0. The van der Waals surface area contributed by atoms with Gasteiger partial charge in [-0.3, -0.25) is 14.3 Å². The zero-order chi connectivity index (χ0) is 12.8. The number of carboxylic acid groups (broad SMARTS) is 1. The molecule has 0 aliphatic carbocycles. The van der Waals surface area contributed by atoms with Gasteiger partial charge in [-0.1, -0.05) is 0 Å². The molecule has 0 unspecified atom stereocenters. The van der Waals surface area contributed by atoms with Crippen molar-refractivity contribution in [3.05, 3.63) is 18.5 Å². The van der Waals surface area contributed by atoms with Gasteiger partial charge < -0.3 is 16.2 Å². The lowest BCUT2D eigenvalue weighted by Crippen LogP contribution is -2.44. The zero-order valence-corrected chi connectivity index (χ0v) is 8.87. The van der Waals surface area contributed by atoms with Gasteiger partial charge in [-0.25, -0.2) is 4.79 Å². The topological polar surface area (TPSA) is 127 Å². The van der Waals surface area contributed by atoms with Crippen LogP contribution in [0.1, 0.15) is 6.42 Å². The first-order valence-corrected chi connectivity index (χ1v) is 4.77. The normalized spacial score (nSPS) is 11.8. The maximum absolute atomic E-state index is 11.4. The molecular weight excluding hydrogens is 228 g/mol. The van der Waals surface area contributed by atoms with Crippen LogP contribution >= 0.6 is 0 Å². The summed E-state index contributed by atoms with van der Waals surface area (Å²) in [6.07, 6.45) is 2.61. The number of aliphatic carboxylic acids is 1. The van der Waals surface area contributed by atoms with E-state index < -0.39 is 30.2 Å². The first-order valence-electron chi connectivity index (χ1n) is 4.77. The molecule has 0 spiro atoms. The summed E-state index contributed by atoms with van der Waals surface area (Å²) in [5, 5.41) is 14.7. The van der Waals surface area contributed by atoms with Gasteiger partial charge in [0, 0.05) is 12.4 Å². The molecular formula is C9H12N4O4. The maximum atomic E-state index is 11.4. The van der Waals surface area contributed by atoms with Crippen LogP contribution in [0, 0.1) is 0 Å². The number of nitrogens with two attached hydrogens (primary N) is 1. The third-order valence-electron chi connectivity index (χ3n) is 1.90. The molecule has 0 bridgehead atoms. The van der Waals surface area contributed by atoms with Gasteiger partial charge in [-0.2, -0.15) is 5.10 Å². The fraction of sp³-hybridized carbons (Fsp3) is 0.333. The van der Waals surface area contributed by atoms with Crippen molar-refractivity contribution in [1.29, 1.82) is 0 Å². The van der Waals surface area contributed by atoms with Crippen molar-refractivity contribution in [3.63, 3.8) is 0 Å². The van der Waals surface area contributed by atoms with Crippen molar-refractivity contribution in [2.24, 2.45) is 5.73 Å². The van der Waals surface area contributed by atoms with Gasteiger partial charge in [0.15, 0.2) is 0 Å². The molecule has 0 saturated carbocycles. The molecule has 0 aliphatic heterocycles. The van der Waals surface area contributed by atoms with Crippen LogP contribution in [0.2, 0.25) is 0 Å². The highest BCUT2D eigenvalue weighted by atomic mass is 16.4. The fourth-order valence-electron chi connectivity index (χ4n) is 1.18. The van der Waals surface area contributed by atoms with Gasteiger partial charge >= 0.3 is 5.97 Å². The average molecular weight is 240 g/mol. The summed E-state index contributed by atoms with van der Waals surface area (Å²) in [4.78, 5) is 32.8. The molecule has 0 aromatic carbocycles. The first kappa shape index (κ1) is 12.7. The Kier molecular flexibility index (Phi) is 4.21. The Labute approximate surface area is 96.4 Å². The minimum atomic E-state index is -1.31. The Balaban J connectivity index is 2.52. The summed E-state index contributed by atoms with van der Waals surface area (Å²) < 4.78 is 1.33. The average Bonchev–Trinajstić information content (AvgIpc) is 2.68. The molecule has 1 aromatic rings. The number of hydrogen-bond donors (Lipinski definition) is 3. The summed E-state index contributed by atoms with van der Waals surface area (Å²) in [6.45, 7) is -0.116. The lowest BCUT2D eigenvalue weighted by atomic mass is 10.2. The number of carbonyl (C=O) groups is 3. The van der Waals surface area contributed by atoms with E-state index in [1.807, 2.05) is 0 Å². The predicted molar refractivity (Wildman–Crippen MR) is 55.6 cm³/mol. The van der Waals surface area contributed by atoms with Gasteiger partial charge in [0.1, 0.15) is 12.6 Å². The van der Waals surface area contributed by atoms with E-state index in [2.05, 4.69) is 10.4 Å². The molecule has 0 radical (unpaired) electrons. The van der Waals surface area contributed by atoms with Crippen molar-refractivity contribution in [3.8, 4) is 0 Å². The highest BCUT2D eigenvalue weighted by Crippen LogP contribution is 1.93. The quantitative estimate of drug-likeness (QED) is 0.547. The van der Waals surface area contributed by atoms with Crippen molar-refractivity contribution in [2.45, 2.75) is 19.0 Å². The fourth-order valence-corrected chi connectivity index (χ4v) is 1.18. The van der Waals surface area contributed by atoms with Crippen molar-refractivity contribution in [2.75, 3.05) is 0 Å². The smallest absolute Gasteiger partial charge is 0.326 e. The van der Waals surface area contributed by atoms with E-state index in [-0.39, 0.29) is 6.54 Å². The number of primary amides is 1. The standard InChI is InChI=1S/C9H12N4O4/c10-7(14)4-6(9(16)17)12-8(15)5-13-3-1-2-11-13/h1-3,6H,4-5H2,(H2,10,14)(H,12,15)(H,16,17)/t6-/m0/s1. The number of amides is 2. The number of rotatable bonds is 6. The van der Waals surface area contributed by atoms with Crippen LogP contribution < -0.4 is 11.1 Å². The van der Waals surface area contributed by atoms with Gasteiger partial charge in [-0.05, 0) is 6.07 Å². The number of nitrogens with one attached hydrogen (secondary N) is 1. The Morgan fingerprint density at radius 1 is 1.47 bits per heavy atom. The number of carboxylic acids is 1. The first-order chi connectivity index (χ1) is 7.99. The van der Waals surface area contributed by atoms with E-state index >= 15 is 0 Å². The van der Waals surface area contributed by atoms with Gasteiger partial charge in [-0.15, -0.1) is 0 Å². The molecule has 1 heterocycles. The highest BCUT2D eigenvalue weighted by Gasteiger charge is 2.22. The molecule has 0 aliphatic rings. The van der Waals surface area contributed by atoms with Crippen LogP contribution in [0.4, 0.5) is 0 Å². The van der Waals surface area contributed by atoms with Gasteiger partial charge in [0.2, 0.25) is 11.8 Å². The Morgan fingerprint density at radius 2 is 2.18 bits per heavy atom. The Morgan fingerprint density at radius 3 is 2.65 bits per heavy atom. The molecule has 1 aromatic heterocycles. The minimum Gasteiger partial charge on any atom is -0.480 e. The van der Waals surface area contributed by atoms with Crippen LogP contribution in [0.15, 0.2) is 18.5 Å². The van der Waals surface area contributed by atoms with E-state index in [0.717, 1.165) is 0 Å². The Bertz CT molecular complexity index is 415. The highest BCUT2D eigenvalue weighted by molar-refractivity contribution is 5.87. The maximum Gasteiger partial charge on any atom is 0.326 e. The molecule has 4 N–H and O–H groups in total. The number of nitrogens with zero attached hydrogens (tertiary/aromatic N) is 2. The predicted octanol–water partition coefficient (Wildman–Crippen LogP) is -1.67. The summed E-state index contributed by atoms with van der Waals surface area (Å²) in [5.74, 6) is -2.66. The zero-order valence-electron chi connectivity index (χ0n) is 8.87. The van der Waals surface area contributed by atoms with Gasteiger partial charge in [0.05, 0.1) is 6.42 Å². The molecule has 0 fully saturated rings. The van der Waals surface area contributed by atoms with E-state index in [4.69, 9.17) is 10.8 Å². The third-order valence-corrected chi connectivity index (χ3v) is 1.90. The SMILES string of the molecule is NC(=O)C[C@H](NC(=O)Cn1cccn1)C(=O)O. The van der Waals surface area contributed by atoms with Crippen molar-refractivity contribution < 1.29 is 19.5 Å². The molecule has 17 heavy (non-hydrogen) atoms. The lowest BCUT2D eigenvalue weighted by Gasteiger charge is -2.12. The molecule has 0 saturated heterocycles. The molecule has 2 amide bonds. The molecule has 8 heteroatoms. The molecule has 1 rings (SSSR count). The number of carbonyl (C=O) groups excluding carboxylic acids is 2. The minimum absolute atomic E-state index is 0.116. The van der Waals surface area contributed by atoms with E-state index in [1.54, 1.807) is 12.3 Å². The summed E-state index contributed by atoms with van der Waals surface area (Å²) in [6, 6.07) is 0.321. The largest absolute Gasteiger partial charge is 0.480 e. The second-order valence-corrected chi connectivity index (χ2v) is 3.33. The number of aromatic nitrogens is 2. The molecule has 1 atom stereocenters. The van der Waals surface area contributed by atoms with Crippen LogP contribution in [-0.2, 0) is 20.9 Å². The lowest BCUT2D eigenvalue weighted by molar-refractivity contribution is -0.143. The van der Waals surface area contributed by atoms with Crippen LogP contribution in [0.25, 0.3) is 0 Å². The number of hydrogen-bond acceptors (Lipinski definition) is 4. The van der Waals surface area contributed by atoms with Crippen molar-refractivity contribution >= 4 is 17.8 Å². The van der Waals surface area contributed by atoms with E-state index in [9.17, 15) is 14.4 Å². The van der Waals surface area contributed by atoms with Crippen LogP contribution in [0.5, 0.6) is 0 Å². The molecule has 92 valence electrons. The van der Waals surface area contributed by atoms with Gasteiger partial charge in [0.25, 0.3) is 0 Å². The van der Waals surface area contributed by atoms with Crippen LogP contribution in [-0.4, -0.2) is 38.7 Å². The summed E-state index contributed by atoms with van der Waals surface area (Å²) in [5.41, 5.74) is 4.87.